The summed E-state index contributed by atoms with van der Waals surface area (Å²) in [5.74, 6) is -0.922. The summed E-state index contributed by atoms with van der Waals surface area (Å²) >= 11 is 0. The number of para-hydroxylation sites is 1. The number of likely N-dealkylation sites (tertiary alicyclic amines) is 1. The Labute approximate surface area is 163 Å². The number of carbonyl (C=O) groups excluding carboxylic acids is 1. The van der Waals surface area contributed by atoms with Crippen LogP contribution in [0.5, 0.6) is 0 Å². The van der Waals surface area contributed by atoms with Crippen LogP contribution in [-0.2, 0) is 0 Å². The third-order valence-electron chi connectivity index (χ3n) is 5.95. The molecule has 146 valence electrons. The molecule has 1 aromatic carbocycles. The number of piperidine rings is 1. The Kier molecular flexibility index (Phi) is 4.45. The van der Waals surface area contributed by atoms with E-state index in [1.807, 2.05) is 30.0 Å². The molecule has 2 aromatic heterocycles. The molecule has 3 heterocycles. The van der Waals surface area contributed by atoms with Gasteiger partial charge >= 0.3 is 5.97 Å². The fraction of sp³-hybridized carbons (Fsp3) is 0.381. The molecule has 28 heavy (non-hydrogen) atoms. The predicted molar refractivity (Wildman–Crippen MR) is 106 cm³/mol. The normalized spacial score (nSPS) is 15.3. The van der Waals surface area contributed by atoms with Gasteiger partial charge in [0.05, 0.1) is 29.0 Å². The number of nitrogens with zero attached hydrogens (tertiary/aromatic N) is 3. The quantitative estimate of drug-likeness (QED) is 0.728. The summed E-state index contributed by atoms with van der Waals surface area (Å²) in [6, 6.07) is 5.96. The Morgan fingerprint density at radius 3 is 2.50 bits per heavy atom. The first-order valence-corrected chi connectivity index (χ1v) is 9.53. The van der Waals surface area contributed by atoms with Crippen molar-refractivity contribution < 1.29 is 14.7 Å². The third kappa shape index (κ3) is 2.87. The molecule has 1 fully saturated rings. The SMILES string of the molecule is Cc1[nH]c2c(C(=O)N3CCC(n4ncc(C(=O)O)c4C)CC3)cccc2c1C. The highest BCUT2D eigenvalue weighted by molar-refractivity contribution is 6.06. The molecule has 1 aliphatic rings. The minimum absolute atomic E-state index is 0.0358. The number of rotatable bonds is 3. The maximum atomic E-state index is 13.1. The van der Waals surface area contributed by atoms with Crippen LogP contribution in [-0.4, -0.2) is 49.7 Å². The molecule has 0 aliphatic carbocycles. The van der Waals surface area contributed by atoms with E-state index in [4.69, 9.17) is 0 Å². The van der Waals surface area contributed by atoms with Crippen LogP contribution in [0, 0.1) is 20.8 Å². The molecule has 1 amide bonds. The van der Waals surface area contributed by atoms with E-state index in [0.717, 1.165) is 29.4 Å². The van der Waals surface area contributed by atoms with E-state index in [2.05, 4.69) is 17.0 Å². The molecule has 1 saturated heterocycles. The molecule has 7 heteroatoms. The molecule has 4 rings (SSSR count). The topological polar surface area (TPSA) is 91.2 Å². The third-order valence-corrected chi connectivity index (χ3v) is 5.95. The van der Waals surface area contributed by atoms with Gasteiger partial charge in [0.25, 0.3) is 5.91 Å². The van der Waals surface area contributed by atoms with E-state index in [1.165, 1.54) is 11.8 Å². The number of hydrogen-bond acceptors (Lipinski definition) is 3. The number of aromatic nitrogens is 3. The van der Waals surface area contributed by atoms with Crippen LogP contribution in [0.25, 0.3) is 10.9 Å². The molecule has 0 atom stereocenters. The Bertz CT molecular complexity index is 1070. The van der Waals surface area contributed by atoms with Crippen molar-refractivity contribution in [2.75, 3.05) is 13.1 Å². The van der Waals surface area contributed by atoms with Gasteiger partial charge in [-0.25, -0.2) is 4.79 Å². The zero-order valence-corrected chi connectivity index (χ0v) is 16.3. The molecule has 0 radical (unpaired) electrons. The number of amides is 1. The van der Waals surface area contributed by atoms with Gasteiger partial charge in [-0.1, -0.05) is 12.1 Å². The molecular weight excluding hydrogens is 356 g/mol. The Hall–Kier alpha value is -3.09. The van der Waals surface area contributed by atoms with Crippen molar-refractivity contribution >= 4 is 22.8 Å². The summed E-state index contributed by atoms with van der Waals surface area (Å²) in [6.45, 7) is 7.11. The number of aryl methyl sites for hydroxylation is 2. The zero-order valence-electron chi connectivity index (χ0n) is 16.3. The molecule has 0 saturated carbocycles. The van der Waals surface area contributed by atoms with Crippen LogP contribution in [0.15, 0.2) is 24.4 Å². The predicted octanol–water partition coefficient (Wildman–Crippen LogP) is 3.47. The van der Waals surface area contributed by atoms with Crippen LogP contribution in [0.3, 0.4) is 0 Å². The van der Waals surface area contributed by atoms with Crippen molar-refractivity contribution in [1.29, 1.82) is 0 Å². The Morgan fingerprint density at radius 1 is 1.14 bits per heavy atom. The molecule has 1 aliphatic heterocycles. The molecule has 3 aromatic rings. The number of nitrogens with one attached hydrogen (secondary N) is 1. The highest BCUT2D eigenvalue weighted by Gasteiger charge is 2.28. The van der Waals surface area contributed by atoms with Crippen LogP contribution in [0.2, 0.25) is 0 Å². The van der Waals surface area contributed by atoms with Gasteiger partial charge in [0.2, 0.25) is 0 Å². The summed E-state index contributed by atoms with van der Waals surface area (Å²) in [5.41, 5.74) is 4.76. The highest BCUT2D eigenvalue weighted by Crippen LogP contribution is 2.28. The maximum absolute atomic E-state index is 13.1. The number of aromatic amines is 1. The molecule has 0 unspecified atom stereocenters. The highest BCUT2D eigenvalue weighted by atomic mass is 16.4. The summed E-state index contributed by atoms with van der Waals surface area (Å²) < 4.78 is 1.80. The smallest absolute Gasteiger partial charge is 0.339 e. The van der Waals surface area contributed by atoms with Gasteiger partial charge in [-0.15, -0.1) is 0 Å². The number of carbonyl (C=O) groups is 2. The van der Waals surface area contributed by atoms with Crippen molar-refractivity contribution in [1.82, 2.24) is 19.7 Å². The molecule has 7 nitrogen and oxygen atoms in total. The number of carboxylic acid groups (broad SMARTS) is 1. The zero-order chi connectivity index (χ0) is 20.0. The van der Waals surface area contributed by atoms with Crippen LogP contribution < -0.4 is 0 Å². The Balaban J connectivity index is 1.52. The number of fused-ring (bicyclic) bond motifs is 1. The lowest BCUT2D eigenvalue weighted by Crippen LogP contribution is -2.39. The second-order valence-corrected chi connectivity index (χ2v) is 7.52. The van der Waals surface area contributed by atoms with E-state index in [9.17, 15) is 14.7 Å². The molecule has 2 N–H and O–H groups in total. The number of hydrogen-bond donors (Lipinski definition) is 2. The standard InChI is InChI=1S/C21H24N4O3/c1-12-13(2)23-19-16(12)5-4-6-17(19)20(26)24-9-7-15(8-10-24)25-14(3)18(11-22-25)21(27)28/h4-6,11,15,23H,7-10H2,1-3H3,(H,27,28). The van der Waals surface area contributed by atoms with Crippen molar-refractivity contribution in [3.8, 4) is 0 Å². The second kappa shape index (κ2) is 6.82. The first-order valence-electron chi connectivity index (χ1n) is 9.53. The first kappa shape index (κ1) is 18.3. The summed E-state index contributed by atoms with van der Waals surface area (Å²) in [5, 5.41) is 14.6. The van der Waals surface area contributed by atoms with E-state index in [0.29, 0.717) is 24.3 Å². The summed E-state index contributed by atoms with van der Waals surface area (Å²) in [6.07, 6.45) is 2.92. The molecule has 0 spiro atoms. The number of benzene rings is 1. The van der Waals surface area contributed by atoms with Gasteiger partial charge < -0.3 is 15.0 Å². The lowest BCUT2D eigenvalue weighted by Gasteiger charge is -2.32. The van der Waals surface area contributed by atoms with Crippen LogP contribution in [0.1, 0.15) is 56.6 Å². The maximum Gasteiger partial charge on any atom is 0.339 e. The van der Waals surface area contributed by atoms with Gasteiger partial charge in [-0.2, -0.15) is 5.10 Å². The largest absolute Gasteiger partial charge is 0.478 e. The van der Waals surface area contributed by atoms with Crippen LogP contribution in [0.4, 0.5) is 0 Å². The average Bonchev–Trinajstić information content (AvgIpc) is 3.21. The first-order chi connectivity index (χ1) is 13.4. The fourth-order valence-electron chi connectivity index (χ4n) is 4.15. The van der Waals surface area contributed by atoms with E-state index in [1.54, 1.807) is 11.6 Å². The monoisotopic (exact) mass is 380 g/mol. The van der Waals surface area contributed by atoms with Crippen molar-refractivity contribution in [2.24, 2.45) is 0 Å². The number of aromatic carboxylic acids is 1. The van der Waals surface area contributed by atoms with Gasteiger partial charge in [-0.3, -0.25) is 9.48 Å². The van der Waals surface area contributed by atoms with Gasteiger partial charge in [0.1, 0.15) is 5.56 Å². The van der Waals surface area contributed by atoms with Gasteiger partial charge in [0, 0.05) is 24.2 Å². The lowest BCUT2D eigenvalue weighted by molar-refractivity contribution is 0.0689. The van der Waals surface area contributed by atoms with Crippen molar-refractivity contribution in [3.63, 3.8) is 0 Å². The lowest BCUT2D eigenvalue weighted by atomic mass is 10.0. The molecular formula is C21H24N4O3. The van der Waals surface area contributed by atoms with E-state index >= 15 is 0 Å². The van der Waals surface area contributed by atoms with E-state index in [-0.39, 0.29) is 17.5 Å². The number of H-pyrrole nitrogens is 1. The van der Waals surface area contributed by atoms with Gasteiger partial charge in [0.15, 0.2) is 0 Å². The fourth-order valence-corrected chi connectivity index (χ4v) is 4.15. The Morgan fingerprint density at radius 2 is 1.86 bits per heavy atom. The van der Waals surface area contributed by atoms with Crippen LogP contribution >= 0.6 is 0 Å². The van der Waals surface area contributed by atoms with Crippen molar-refractivity contribution in [2.45, 2.75) is 39.7 Å². The summed E-state index contributed by atoms with van der Waals surface area (Å²) in [4.78, 5) is 29.6. The van der Waals surface area contributed by atoms with Crippen molar-refractivity contribution in [3.05, 3.63) is 52.5 Å². The van der Waals surface area contributed by atoms with E-state index < -0.39 is 5.97 Å². The summed E-state index contributed by atoms with van der Waals surface area (Å²) in [7, 11) is 0. The minimum atomic E-state index is -0.957. The minimum Gasteiger partial charge on any atom is -0.478 e. The number of carboxylic acids is 1. The molecule has 0 bridgehead atoms. The second-order valence-electron chi connectivity index (χ2n) is 7.52. The van der Waals surface area contributed by atoms with Gasteiger partial charge in [-0.05, 0) is 45.2 Å². The average molecular weight is 380 g/mol.